The molecule has 31 heteroatoms. The zero-order valence-corrected chi connectivity index (χ0v) is 38.7. The number of aliphatic hydroxyl groups excluding tert-OH is 14. The second-order valence-electron chi connectivity index (χ2n) is 18.6. The van der Waals surface area contributed by atoms with Gasteiger partial charge in [0.1, 0.15) is 160 Å². The molecule has 13 rings (SSSR count). The molecule has 31 nitrogen and oxygen atoms in total. The van der Waals surface area contributed by atoms with Crippen LogP contribution in [0.4, 0.5) is 0 Å². The van der Waals surface area contributed by atoms with Gasteiger partial charge < -0.3 is 147 Å². The van der Waals surface area contributed by atoms with Crippen LogP contribution in [0.15, 0.2) is 0 Å². The van der Waals surface area contributed by atoms with Crippen LogP contribution in [0, 0.1) is 0 Å². The Bertz CT molecular complexity index is 1600. The third-order valence-corrected chi connectivity index (χ3v) is 13.7. The maximum absolute atomic E-state index is 13.3. The van der Waals surface area contributed by atoms with Gasteiger partial charge in [-0.3, -0.25) is 4.79 Å². The van der Waals surface area contributed by atoms with Crippen LogP contribution in [0.3, 0.4) is 0 Å². The molecule has 13 aliphatic rings. The molecule has 0 radical (unpaired) electrons. The van der Waals surface area contributed by atoms with E-state index in [1.807, 2.05) is 0 Å². The molecule has 14 N–H and O–H groups in total. The van der Waals surface area contributed by atoms with Crippen LogP contribution in [0.1, 0.15) is 0 Å². The number of aliphatic hydroxyl groups is 14. The first kappa shape index (κ1) is 56.7. The second kappa shape index (κ2) is 24.4. The van der Waals surface area contributed by atoms with Crippen molar-refractivity contribution >= 4 is 5.78 Å². The lowest BCUT2D eigenvalue weighted by molar-refractivity contribution is -0.404. The SMILES string of the molecule is COC[C@H]1O[C@@H]2O[C@H]3[C@H](O)[C@@H](O)[C@@H](O[C@H]4[C@H](O)[C@@H](O)[C@H]5O[C@H]6[C@H](O)[C@@H](O)[C@@H](O[C@H]7[C@H](O)[C@@H](O)[C@@H](O[C@H]8[C@H](O)[C@@H](O)[C@@H](O[C@H]1[C@H](O)[C@H]2O)O[C@@H]8COCC(=O)COC[C@H]4O5)O[C@@H]7CO)O[C@@H]6COC)O[C@@H]3CO. The van der Waals surface area contributed by atoms with Crippen LogP contribution in [0.2, 0.25) is 0 Å². The van der Waals surface area contributed by atoms with Gasteiger partial charge >= 0.3 is 0 Å². The third kappa shape index (κ3) is 11.5. The van der Waals surface area contributed by atoms with Crippen LogP contribution in [-0.4, -0.2) is 329 Å². The Labute approximate surface area is 408 Å². The second-order valence-corrected chi connectivity index (χ2v) is 18.6. The number of methoxy groups -OCH3 is 2. The van der Waals surface area contributed by atoms with Crippen LogP contribution in [-0.2, 0) is 80.6 Å². The predicted octanol–water partition coefficient (Wildman–Crippen LogP) is -11.1. The van der Waals surface area contributed by atoms with Crippen molar-refractivity contribution < 1.29 is 152 Å². The van der Waals surface area contributed by atoms with Gasteiger partial charge in [0.25, 0.3) is 0 Å². The molecule has 12 bridgehead atoms. The molecule has 0 spiro atoms. The van der Waals surface area contributed by atoms with Crippen molar-refractivity contribution in [3.05, 3.63) is 0 Å². The first-order valence-electron chi connectivity index (χ1n) is 23.3. The highest BCUT2D eigenvalue weighted by Gasteiger charge is 2.59. The fourth-order valence-electron chi connectivity index (χ4n) is 9.82. The number of hydrogen-bond donors (Lipinski definition) is 14. The summed E-state index contributed by atoms with van der Waals surface area (Å²) in [7, 11) is 2.47. The molecule has 72 heavy (non-hydrogen) atoms. The number of rotatable bonds is 6. The van der Waals surface area contributed by atoms with Crippen LogP contribution in [0.25, 0.3) is 0 Å². The Balaban J connectivity index is 1.19. The molecule has 0 aromatic carbocycles. The van der Waals surface area contributed by atoms with E-state index in [9.17, 15) is 76.3 Å². The number of ketones is 1. The first-order chi connectivity index (χ1) is 34.4. The average Bonchev–Trinajstić information content (AvgIpc) is 3.35. The maximum atomic E-state index is 13.3. The molecule has 0 unspecified atom stereocenters. The Morgan fingerprint density at radius 2 is 0.611 bits per heavy atom. The number of fused-ring (bicyclic) bond motifs is 2. The fraction of sp³-hybridized carbons (Fsp3) is 0.976. The van der Waals surface area contributed by atoms with E-state index in [-0.39, 0.29) is 0 Å². The summed E-state index contributed by atoms with van der Waals surface area (Å²) in [5, 5.41) is 159. The lowest BCUT2D eigenvalue weighted by atomic mass is 9.94. The Kier molecular flexibility index (Phi) is 19.2. The molecule has 416 valence electrons. The molecule has 0 aliphatic carbocycles. The molecule has 0 aromatic rings. The Morgan fingerprint density at radius 3 is 0.903 bits per heavy atom. The summed E-state index contributed by atoms with van der Waals surface area (Å²) < 4.78 is 93.0. The van der Waals surface area contributed by atoms with Gasteiger partial charge in [-0.05, 0) is 0 Å². The normalized spacial score (nSPS) is 53.2. The summed E-state index contributed by atoms with van der Waals surface area (Å²) in [6.45, 7) is -5.64. The molecule has 30 atom stereocenters. The summed E-state index contributed by atoms with van der Waals surface area (Å²) >= 11 is 0. The lowest BCUT2D eigenvalue weighted by Crippen LogP contribution is -2.69. The summed E-state index contributed by atoms with van der Waals surface area (Å²) in [5.41, 5.74) is 0. The van der Waals surface area contributed by atoms with Gasteiger partial charge in [0.05, 0.1) is 39.6 Å². The minimum absolute atomic E-state index is 0.421. The number of hydrogen-bond acceptors (Lipinski definition) is 31. The molecule has 0 aromatic heterocycles. The molecule has 13 heterocycles. The minimum Gasteiger partial charge on any atom is -0.394 e. The van der Waals surface area contributed by atoms with Crippen LogP contribution in [0.5, 0.6) is 0 Å². The van der Waals surface area contributed by atoms with Gasteiger partial charge in [-0.25, -0.2) is 0 Å². The minimum atomic E-state index is -2.12. The van der Waals surface area contributed by atoms with E-state index in [4.69, 9.17) is 75.8 Å². The quantitative estimate of drug-likeness (QED) is 0.117. The van der Waals surface area contributed by atoms with Crippen molar-refractivity contribution in [2.24, 2.45) is 0 Å². The van der Waals surface area contributed by atoms with Gasteiger partial charge in [-0.15, -0.1) is 0 Å². The standard InChI is InChI=1S/C41H66O31/c1-57-7-14-32-20(47)26(53)38(63-14)67-30-12(3-42)61-36(24(51)18(30)45)72-35-17-10-60-6-11(44)5-59-9-16-34(22(49)28(55)40(65-16)69-32)71-37-25(52)19(46)31(13(4-43)62-37)68-39-27(54)21(48)33(15(64-39)8-58-2)70-41(66-17)29(56)23(35)50/h12-43,45-56H,3-10H2,1-2H3/t12-,13-,14-,15-,16-,17-,18-,19-,20-,21-,22-,23-,24-,25-,26-,27-,28-,29-,30-,31-,32-,33-,34-,35-,36-,37-,38-,39-,40-,41-/m1/s1. The highest BCUT2D eigenvalue weighted by Crippen LogP contribution is 2.38. The van der Waals surface area contributed by atoms with Gasteiger partial charge in [-0.2, -0.15) is 0 Å². The topological polar surface area (TPSA) is 448 Å². The smallest absolute Gasteiger partial charge is 0.187 e. The van der Waals surface area contributed by atoms with Gasteiger partial charge in [0, 0.05) is 14.2 Å². The van der Waals surface area contributed by atoms with E-state index < -0.39 is 243 Å². The molecule has 0 amide bonds. The van der Waals surface area contributed by atoms with Crippen LogP contribution < -0.4 is 0 Å². The number of Topliss-reactive ketones (excluding diaryl/α,β-unsaturated/α-hetero) is 1. The molecule has 13 saturated heterocycles. The molecule has 0 saturated carbocycles. The van der Waals surface area contributed by atoms with Crippen molar-refractivity contribution in [1.82, 2.24) is 0 Å². The fourth-order valence-corrected chi connectivity index (χ4v) is 9.82. The predicted molar refractivity (Wildman–Crippen MR) is 218 cm³/mol. The largest absolute Gasteiger partial charge is 0.394 e. The number of carbonyl (C=O) groups is 1. The van der Waals surface area contributed by atoms with Crippen LogP contribution >= 0.6 is 0 Å². The molecular weight excluding hydrogens is 988 g/mol. The van der Waals surface area contributed by atoms with Gasteiger partial charge in [0.15, 0.2) is 43.5 Å². The lowest BCUT2D eigenvalue weighted by Gasteiger charge is -2.51. The van der Waals surface area contributed by atoms with E-state index in [1.54, 1.807) is 0 Å². The summed E-state index contributed by atoms with van der Waals surface area (Å²) in [4.78, 5) is 13.3. The zero-order chi connectivity index (χ0) is 51.9. The van der Waals surface area contributed by atoms with Crippen molar-refractivity contribution in [2.45, 2.75) is 184 Å². The number of ether oxygens (including phenoxy) is 16. The van der Waals surface area contributed by atoms with Crippen molar-refractivity contribution in [1.29, 1.82) is 0 Å². The monoisotopic (exact) mass is 1050 g/mol. The van der Waals surface area contributed by atoms with Crippen molar-refractivity contribution in [2.75, 3.05) is 67.1 Å². The molecule has 13 aliphatic heterocycles. The summed E-state index contributed by atoms with van der Waals surface area (Å²) in [5.74, 6) is -0.770. The van der Waals surface area contributed by atoms with Crippen molar-refractivity contribution in [3.63, 3.8) is 0 Å². The van der Waals surface area contributed by atoms with Gasteiger partial charge in [-0.1, -0.05) is 0 Å². The summed E-state index contributed by atoms with van der Waals surface area (Å²) in [6.07, 6.45) is -56.6. The summed E-state index contributed by atoms with van der Waals surface area (Å²) in [6, 6.07) is 0. The van der Waals surface area contributed by atoms with Crippen molar-refractivity contribution in [3.8, 4) is 0 Å². The maximum Gasteiger partial charge on any atom is 0.187 e. The van der Waals surface area contributed by atoms with E-state index >= 15 is 0 Å². The number of carbonyl (C=O) groups excluding carboxylic acids is 1. The Morgan fingerprint density at radius 1 is 0.361 bits per heavy atom. The molecular formula is C41H66O31. The van der Waals surface area contributed by atoms with E-state index in [0.29, 0.717) is 0 Å². The first-order valence-corrected chi connectivity index (χ1v) is 23.3. The Hall–Kier alpha value is -1.53. The average molecular weight is 1050 g/mol. The third-order valence-electron chi connectivity index (χ3n) is 13.7. The van der Waals surface area contributed by atoms with Gasteiger partial charge in [0.2, 0.25) is 0 Å². The van der Waals surface area contributed by atoms with E-state index in [1.165, 1.54) is 14.2 Å². The highest BCUT2D eigenvalue weighted by atomic mass is 16.8. The van der Waals surface area contributed by atoms with E-state index in [2.05, 4.69) is 0 Å². The molecule has 13 fully saturated rings. The van der Waals surface area contributed by atoms with E-state index in [0.717, 1.165) is 0 Å². The zero-order valence-electron chi connectivity index (χ0n) is 38.7. The highest BCUT2D eigenvalue weighted by molar-refractivity contribution is 5.80.